The van der Waals surface area contributed by atoms with Gasteiger partial charge < -0.3 is 15.2 Å². The van der Waals surface area contributed by atoms with Gasteiger partial charge >= 0.3 is 0 Å². The third-order valence-corrected chi connectivity index (χ3v) is 3.55. The first-order valence-corrected chi connectivity index (χ1v) is 7.53. The van der Waals surface area contributed by atoms with Crippen molar-refractivity contribution in [2.45, 2.75) is 20.3 Å². The quantitative estimate of drug-likeness (QED) is 0.852. The second kappa shape index (κ2) is 7.22. The summed E-state index contributed by atoms with van der Waals surface area (Å²) in [5.41, 5.74) is 1.67. The van der Waals surface area contributed by atoms with E-state index in [1.807, 2.05) is 12.1 Å². The van der Waals surface area contributed by atoms with Gasteiger partial charge in [-0.3, -0.25) is 9.59 Å². The van der Waals surface area contributed by atoms with Crippen molar-refractivity contribution < 1.29 is 14.1 Å². The number of benzene rings is 1. The fraction of sp³-hybridized carbons (Fsp3) is 0.267. The largest absolute Gasteiger partial charge is 0.361 e. The van der Waals surface area contributed by atoms with Crippen molar-refractivity contribution in [3.8, 4) is 0 Å². The summed E-state index contributed by atoms with van der Waals surface area (Å²) in [5, 5.41) is 9.17. The highest BCUT2D eigenvalue weighted by atomic mass is 79.9. The molecule has 2 rings (SSSR count). The summed E-state index contributed by atoms with van der Waals surface area (Å²) in [6.07, 6.45) is 0.186. The standard InChI is InChI=1S/C15H16BrN3O3/c1-9-14(10(2)22-19-9)15(21)17-8-7-13(20)18-12-5-3-11(16)4-6-12/h3-6H,7-8H2,1-2H3,(H,17,21)(H,18,20). The zero-order valence-corrected chi connectivity index (χ0v) is 13.9. The predicted octanol–water partition coefficient (Wildman–Crippen LogP) is 2.81. The molecule has 1 aromatic heterocycles. The maximum absolute atomic E-state index is 12.0. The van der Waals surface area contributed by atoms with Crippen molar-refractivity contribution in [1.82, 2.24) is 10.5 Å². The van der Waals surface area contributed by atoms with E-state index in [1.54, 1.807) is 26.0 Å². The average Bonchev–Trinajstić information content (AvgIpc) is 2.80. The Balaban J connectivity index is 1.80. The zero-order valence-electron chi connectivity index (χ0n) is 12.3. The van der Waals surface area contributed by atoms with E-state index in [0.717, 1.165) is 4.47 Å². The molecule has 0 radical (unpaired) electrons. The van der Waals surface area contributed by atoms with Gasteiger partial charge in [0.25, 0.3) is 5.91 Å². The molecule has 2 N–H and O–H groups in total. The fourth-order valence-corrected chi connectivity index (χ4v) is 2.21. The van der Waals surface area contributed by atoms with Crippen LogP contribution in [0.3, 0.4) is 0 Å². The van der Waals surface area contributed by atoms with E-state index >= 15 is 0 Å². The Labute approximate surface area is 136 Å². The molecule has 116 valence electrons. The molecule has 0 aliphatic carbocycles. The van der Waals surface area contributed by atoms with Crippen LogP contribution in [-0.2, 0) is 4.79 Å². The predicted molar refractivity (Wildman–Crippen MR) is 85.7 cm³/mol. The van der Waals surface area contributed by atoms with Crippen LogP contribution in [0.5, 0.6) is 0 Å². The molecule has 0 fully saturated rings. The number of halogens is 1. The van der Waals surface area contributed by atoms with Crippen LogP contribution in [0.4, 0.5) is 5.69 Å². The van der Waals surface area contributed by atoms with E-state index < -0.39 is 0 Å². The molecule has 0 unspecified atom stereocenters. The van der Waals surface area contributed by atoms with Gasteiger partial charge in [0.15, 0.2) is 0 Å². The maximum Gasteiger partial charge on any atom is 0.256 e. The molecule has 6 nitrogen and oxygen atoms in total. The lowest BCUT2D eigenvalue weighted by molar-refractivity contribution is -0.116. The summed E-state index contributed by atoms with van der Waals surface area (Å²) >= 11 is 3.33. The minimum absolute atomic E-state index is 0.165. The average molecular weight is 366 g/mol. The second-order valence-electron chi connectivity index (χ2n) is 4.76. The summed E-state index contributed by atoms with van der Waals surface area (Å²) in [7, 11) is 0. The number of hydrogen-bond acceptors (Lipinski definition) is 4. The minimum Gasteiger partial charge on any atom is -0.361 e. The topological polar surface area (TPSA) is 84.2 Å². The third-order valence-electron chi connectivity index (χ3n) is 3.03. The molecule has 0 saturated carbocycles. The van der Waals surface area contributed by atoms with Gasteiger partial charge in [-0.2, -0.15) is 0 Å². The van der Waals surface area contributed by atoms with E-state index in [1.165, 1.54) is 0 Å². The zero-order chi connectivity index (χ0) is 16.1. The first-order valence-electron chi connectivity index (χ1n) is 6.74. The molecule has 1 heterocycles. The highest BCUT2D eigenvalue weighted by molar-refractivity contribution is 9.10. The molecule has 0 atom stereocenters. The summed E-state index contributed by atoms with van der Waals surface area (Å²) < 4.78 is 5.88. The number of aryl methyl sites for hydroxylation is 2. The molecule has 2 amide bonds. The summed E-state index contributed by atoms with van der Waals surface area (Å²) in [5.74, 6) is 0.0170. The molecule has 0 spiro atoms. The molecule has 0 bridgehead atoms. The highest BCUT2D eigenvalue weighted by Gasteiger charge is 2.17. The number of rotatable bonds is 5. The molecule has 22 heavy (non-hydrogen) atoms. The molecule has 0 aliphatic heterocycles. The first kappa shape index (κ1) is 16.2. The van der Waals surface area contributed by atoms with E-state index in [0.29, 0.717) is 22.7 Å². The molecule has 1 aromatic carbocycles. The van der Waals surface area contributed by atoms with Gasteiger partial charge in [0.05, 0.1) is 5.69 Å². The van der Waals surface area contributed by atoms with Crippen molar-refractivity contribution in [2.75, 3.05) is 11.9 Å². The van der Waals surface area contributed by atoms with Crippen LogP contribution >= 0.6 is 15.9 Å². The fourth-order valence-electron chi connectivity index (χ4n) is 1.94. The van der Waals surface area contributed by atoms with Crippen LogP contribution in [0.2, 0.25) is 0 Å². The summed E-state index contributed by atoms with van der Waals surface area (Å²) in [4.78, 5) is 23.8. The smallest absolute Gasteiger partial charge is 0.256 e. The third kappa shape index (κ3) is 4.17. The Morgan fingerprint density at radius 3 is 2.50 bits per heavy atom. The van der Waals surface area contributed by atoms with Gasteiger partial charge in [0.1, 0.15) is 11.3 Å². The highest BCUT2D eigenvalue weighted by Crippen LogP contribution is 2.14. The molecular weight excluding hydrogens is 350 g/mol. The van der Waals surface area contributed by atoms with Gasteiger partial charge in [0.2, 0.25) is 5.91 Å². The number of amides is 2. The van der Waals surface area contributed by atoms with Crippen molar-refractivity contribution in [3.63, 3.8) is 0 Å². The number of carbonyl (C=O) groups excluding carboxylic acids is 2. The van der Waals surface area contributed by atoms with Crippen LogP contribution in [0.1, 0.15) is 28.2 Å². The second-order valence-corrected chi connectivity index (χ2v) is 5.68. The van der Waals surface area contributed by atoms with Crippen molar-refractivity contribution in [2.24, 2.45) is 0 Å². The number of aromatic nitrogens is 1. The monoisotopic (exact) mass is 365 g/mol. The van der Waals surface area contributed by atoms with Gasteiger partial charge in [-0.25, -0.2) is 0 Å². The minimum atomic E-state index is -0.285. The van der Waals surface area contributed by atoms with Gasteiger partial charge in [-0.05, 0) is 38.1 Å². The lowest BCUT2D eigenvalue weighted by Gasteiger charge is -2.06. The Morgan fingerprint density at radius 1 is 1.23 bits per heavy atom. The van der Waals surface area contributed by atoms with E-state index in [-0.39, 0.29) is 24.8 Å². The van der Waals surface area contributed by atoms with Crippen molar-refractivity contribution in [1.29, 1.82) is 0 Å². The normalized spacial score (nSPS) is 10.3. The number of anilines is 1. The SMILES string of the molecule is Cc1noc(C)c1C(=O)NCCC(=O)Nc1ccc(Br)cc1. The van der Waals surface area contributed by atoms with Crippen molar-refractivity contribution >= 4 is 33.4 Å². The van der Waals surface area contributed by atoms with Gasteiger partial charge in [-0.15, -0.1) is 0 Å². The Hall–Kier alpha value is -2.15. The molecule has 0 saturated heterocycles. The van der Waals surface area contributed by atoms with Crippen LogP contribution < -0.4 is 10.6 Å². The van der Waals surface area contributed by atoms with E-state index in [4.69, 9.17) is 4.52 Å². The molecule has 2 aromatic rings. The number of carbonyl (C=O) groups is 2. The number of nitrogens with one attached hydrogen (secondary N) is 2. The van der Waals surface area contributed by atoms with Crippen LogP contribution in [0.25, 0.3) is 0 Å². The molecule has 0 aliphatic rings. The maximum atomic E-state index is 12.0. The van der Waals surface area contributed by atoms with Crippen molar-refractivity contribution in [3.05, 3.63) is 45.8 Å². The molecule has 7 heteroatoms. The Kier molecular flexibility index (Phi) is 5.32. The molecular formula is C15H16BrN3O3. The van der Waals surface area contributed by atoms with E-state index in [9.17, 15) is 9.59 Å². The summed E-state index contributed by atoms with van der Waals surface area (Å²) in [6, 6.07) is 7.28. The number of hydrogen-bond donors (Lipinski definition) is 2. The lowest BCUT2D eigenvalue weighted by atomic mass is 10.2. The first-order chi connectivity index (χ1) is 10.5. The number of nitrogens with zero attached hydrogens (tertiary/aromatic N) is 1. The van der Waals surface area contributed by atoms with Crippen LogP contribution in [-0.4, -0.2) is 23.5 Å². The van der Waals surface area contributed by atoms with E-state index in [2.05, 4.69) is 31.7 Å². The summed E-state index contributed by atoms with van der Waals surface area (Å²) in [6.45, 7) is 3.62. The lowest BCUT2D eigenvalue weighted by Crippen LogP contribution is -2.28. The van der Waals surface area contributed by atoms with Crippen LogP contribution in [0.15, 0.2) is 33.3 Å². The Bertz CT molecular complexity index is 660. The Morgan fingerprint density at radius 2 is 1.91 bits per heavy atom. The van der Waals surface area contributed by atoms with Crippen LogP contribution in [0, 0.1) is 13.8 Å². The van der Waals surface area contributed by atoms with Gasteiger partial charge in [0, 0.05) is 23.1 Å². The van der Waals surface area contributed by atoms with Gasteiger partial charge in [-0.1, -0.05) is 21.1 Å².